The van der Waals surface area contributed by atoms with Crippen molar-refractivity contribution in [2.45, 2.75) is 6.42 Å². The van der Waals surface area contributed by atoms with Gasteiger partial charge >= 0.3 is 0 Å². The Hall–Kier alpha value is -2.02. The van der Waals surface area contributed by atoms with Gasteiger partial charge in [-0.25, -0.2) is 9.97 Å². The molecule has 0 aliphatic heterocycles. The van der Waals surface area contributed by atoms with Gasteiger partial charge in [-0.2, -0.15) is 5.10 Å². The van der Waals surface area contributed by atoms with Crippen molar-refractivity contribution in [1.29, 1.82) is 0 Å². The first kappa shape index (κ1) is 12.4. The Kier molecular flexibility index (Phi) is 3.83. The lowest BCUT2D eigenvalue weighted by atomic mass is 10.3. The third-order valence-electron chi connectivity index (χ3n) is 2.37. The molecule has 0 unspecified atom stereocenters. The topological polar surface area (TPSA) is 81.7 Å². The lowest BCUT2D eigenvalue weighted by Crippen LogP contribution is -2.17. The van der Waals surface area contributed by atoms with Crippen LogP contribution in [0.5, 0.6) is 0 Å². The van der Waals surface area contributed by atoms with Crippen molar-refractivity contribution in [3.05, 3.63) is 36.0 Å². The summed E-state index contributed by atoms with van der Waals surface area (Å²) >= 11 is 4.92. The summed E-state index contributed by atoms with van der Waals surface area (Å²) in [5.41, 5.74) is 7.12. The highest BCUT2D eigenvalue weighted by molar-refractivity contribution is 7.80. The minimum absolute atomic E-state index is 0.239. The summed E-state index contributed by atoms with van der Waals surface area (Å²) in [5.74, 6) is 0.612. The van der Waals surface area contributed by atoms with Gasteiger partial charge < -0.3 is 11.1 Å². The second-order valence-electron chi connectivity index (χ2n) is 3.78. The van der Waals surface area contributed by atoms with E-state index in [0.717, 1.165) is 12.1 Å². The van der Waals surface area contributed by atoms with E-state index in [9.17, 15) is 0 Å². The van der Waals surface area contributed by atoms with Crippen LogP contribution < -0.4 is 11.1 Å². The summed E-state index contributed by atoms with van der Waals surface area (Å²) in [4.78, 5) is 8.51. The lowest BCUT2D eigenvalue weighted by molar-refractivity contribution is 0.742. The van der Waals surface area contributed by atoms with E-state index in [1.165, 1.54) is 0 Å². The average molecular weight is 262 g/mol. The Morgan fingerprint density at radius 3 is 2.89 bits per heavy atom. The van der Waals surface area contributed by atoms with Crippen molar-refractivity contribution >= 4 is 23.0 Å². The van der Waals surface area contributed by atoms with Gasteiger partial charge in [0.25, 0.3) is 0 Å². The maximum absolute atomic E-state index is 5.57. The van der Waals surface area contributed by atoms with E-state index in [1.54, 1.807) is 17.1 Å². The predicted octanol–water partition coefficient (Wildman–Crippen LogP) is 0.499. The Balaban J connectivity index is 1.96. The largest absolute Gasteiger partial charge is 0.388 e. The molecule has 0 fully saturated rings. The number of aryl methyl sites for hydroxylation is 1. The first-order valence-electron chi connectivity index (χ1n) is 5.50. The van der Waals surface area contributed by atoms with Crippen molar-refractivity contribution < 1.29 is 0 Å². The summed E-state index contributed by atoms with van der Waals surface area (Å²) < 4.78 is 1.78. The van der Waals surface area contributed by atoms with Crippen LogP contribution in [0, 0.1) is 0 Å². The zero-order valence-electron chi connectivity index (χ0n) is 10.00. The van der Waals surface area contributed by atoms with Gasteiger partial charge in [0.2, 0.25) is 0 Å². The third kappa shape index (κ3) is 3.01. The van der Waals surface area contributed by atoms with Gasteiger partial charge in [0.1, 0.15) is 10.7 Å². The van der Waals surface area contributed by atoms with Gasteiger partial charge in [-0.05, 0) is 6.07 Å². The minimum Gasteiger partial charge on any atom is -0.388 e. The quantitative estimate of drug-likeness (QED) is 0.764. The second-order valence-corrected chi connectivity index (χ2v) is 4.22. The van der Waals surface area contributed by atoms with E-state index in [0.29, 0.717) is 18.1 Å². The highest BCUT2D eigenvalue weighted by atomic mass is 32.1. The van der Waals surface area contributed by atoms with Gasteiger partial charge in [0.15, 0.2) is 5.82 Å². The molecule has 0 bridgehead atoms. The molecule has 2 heterocycles. The number of hydrogen-bond donors (Lipinski definition) is 2. The second kappa shape index (κ2) is 5.54. The van der Waals surface area contributed by atoms with E-state index in [1.807, 2.05) is 19.3 Å². The van der Waals surface area contributed by atoms with Crippen LogP contribution in [0.2, 0.25) is 0 Å². The van der Waals surface area contributed by atoms with E-state index in [4.69, 9.17) is 18.0 Å². The fourth-order valence-corrected chi connectivity index (χ4v) is 1.70. The molecule has 94 valence electrons. The van der Waals surface area contributed by atoms with Crippen molar-refractivity contribution in [1.82, 2.24) is 19.7 Å². The van der Waals surface area contributed by atoms with Crippen LogP contribution in [-0.2, 0) is 13.5 Å². The molecule has 2 aromatic rings. The summed E-state index contributed by atoms with van der Waals surface area (Å²) in [7, 11) is 1.89. The van der Waals surface area contributed by atoms with Crippen LogP contribution in [0.15, 0.2) is 24.7 Å². The molecule has 0 aromatic carbocycles. The first-order chi connectivity index (χ1) is 8.66. The summed E-state index contributed by atoms with van der Waals surface area (Å²) in [5, 5.41) is 7.45. The zero-order valence-corrected chi connectivity index (χ0v) is 10.8. The number of thiocarbonyl (C=S) groups is 1. The molecular formula is C11H14N6S. The molecule has 0 saturated carbocycles. The molecular weight excluding hydrogens is 248 g/mol. The third-order valence-corrected chi connectivity index (χ3v) is 2.57. The molecule has 0 saturated heterocycles. The van der Waals surface area contributed by atoms with E-state index < -0.39 is 0 Å². The van der Waals surface area contributed by atoms with Crippen LogP contribution in [0.1, 0.15) is 11.4 Å². The van der Waals surface area contributed by atoms with Crippen LogP contribution in [0.4, 0.5) is 5.82 Å². The van der Waals surface area contributed by atoms with E-state index >= 15 is 0 Å². The van der Waals surface area contributed by atoms with E-state index in [-0.39, 0.29) is 4.99 Å². The fraction of sp³-hybridized carbons (Fsp3) is 0.273. The summed E-state index contributed by atoms with van der Waals surface area (Å²) in [6, 6.07) is 1.98. The molecule has 18 heavy (non-hydrogen) atoms. The molecule has 0 spiro atoms. The zero-order chi connectivity index (χ0) is 13.0. The van der Waals surface area contributed by atoms with Crippen LogP contribution in [0.25, 0.3) is 0 Å². The molecule has 0 amide bonds. The normalized spacial score (nSPS) is 10.3. The van der Waals surface area contributed by atoms with Gasteiger partial charge in [0.05, 0.1) is 5.69 Å². The van der Waals surface area contributed by atoms with Crippen molar-refractivity contribution in [3.63, 3.8) is 0 Å². The van der Waals surface area contributed by atoms with Crippen molar-refractivity contribution in [2.24, 2.45) is 12.8 Å². The highest BCUT2D eigenvalue weighted by Gasteiger charge is 2.07. The minimum atomic E-state index is 0.239. The highest BCUT2D eigenvalue weighted by Crippen LogP contribution is 2.08. The summed E-state index contributed by atoms with van der Waals surface area (Å²) in [6.07, 6.45) is 5.88. The smallest absolute Gasteiger partial charge is 0.155 e. The number of nitrogens with one attached hydrogen (secondary N) is 1. The Morgan fingerprint density at radius 2 is 2.22 bits per heavy atom. The molecule has 0 aliphatic rings. The van der Waals surface area contributed by atoms with Gasteiger partial charge in [0, 0.05) is 38.6 Å². The van der Waals surface area contributed by atoms with Crippen LogP contribution in [-0.4, -0.2) is 31.3 Å². The van der Waals surface area contributed by atoms with Gasteiger partial charge in [-0.15, -0.1) is 0 Å². The Morgan fingerprint density at radius 1 is 1.44 bits per heavy atom. The number of nitrogens with two attached hydrogens (primary N) is 1. The fourth-order valence-electron chi connectivity index (χ4n) is 1.55. The Bertz CT molecular complexity index is 550. The van der Waals surface area contributed by atoms with Crippen LogP contribution >= 0.6 is 12.2 Å². The SMILES string of the molecule is Cn1ccc(CCNc2nccnc2C(N)=S)n1. The van der Waals surface area contributed by atoms with E-state index in [2.05, 4.69) is 20.4 Å². The van der Waals surface area contributed by atoms with Gasteiger partial charge in [-0.3, -0.25) is 4.68 Å². The number of aromatic nitrogens is 4. The average Bonchev–Trinajstić information content (AvgIpc) is 2.75. The van der Waals surface area contributed by atoms with Crippen molar-refractivity contribution in [2.75, 3.05) is 11.9 Å². The Labute approximate surface area is 110 Å². The number of rotatable bonds is 5. The molecule has 6 nitrogen and oxygen atoms in total. The lowest BCUT2D eigenvalue weighted by Gasteiger charge is -2.07. The first-order valence-corrected chi connectivity index (χ1v) is 5.91. The maximum Gasteiger partial charge on any atom is 0.155 e. The molecule has 2 rings (SSSR count). The number of nitrogens with zero attached hydrogens (tertiary/aromatic N) is 4. The van der Waals surface area contributed by atoms with Gasteiger partial charge in [-0.1, -0.05) is 12.2 Å². The van der Waals surface area contributed by atoms with Crippen LogP contribution in [0.3, 0.4) is 0 Å². The maximum atomic E-state index is 5.57. The number of anilines is 1. The molecule has 7 heteroatoms. The summed E-state index contributed by atoms with van der Waals surface area (Å²) in [6.45, 7) is 0.700. The molecule has 0 radical (unpaired) electrons. The monoisotopic (exact) mass is 262 g/mol. The molecule has 0 aliphatic carbocycles. The predicted molar refractivity (Wildman–Crippen MR) is 73.3 cm³/mol. The molecule has 2 aromatic heterocycles. The van der Waals surface area contributed by atoms with Crippen molar-refractivity contribution in [3.8, 4) is 0 Å². The number of hydrogen-bond acceptors (Lipinski definition) is 5. The molecule has 3 N–H and O–H groups in total. The molecule has 0 atom stereocenters. The standard InChI is InChI=1S/C11H14N6S/c1-17-7-3-8(16-17)2-4-14-11-9(10(12)18)13-5-6-15-11/h3,5-7H,2,4H2,1H3,(H2,12,18)(H,14,15).